The van der Waals surface area contributed by atoms with E-state index in [2.05, 4.69) is 12.6 Å². The van der Waals surface area contributed by atoms with Gasteiger partial charge in [-0.25, -0.2) is 0 Å². The fourth-order valence-electron chi connectivity index (χ4n) is 1.08. The van der Waals surface area contributed by atoms with Crippen LogP contribution in [-0.4, -0.2) is 5.25 Å². The summed E-state index contributed by atoms with van der Waals surface area (Å²) in [6, 6.07) is 0. The minimum Gasteiger partial charge on any atom is -1.00 e. The fraction of sp³-hybridized carbons (Fsp3) is 1.00. The van der Waals surface area contributed by atoms with E-state index >= 15 is 0 Å². The van der Waals surface area contributed by atoms with Crippen molar-refractivity contribution in [3.8, 4) is 0 Å². The van der Waals surface area contributed by atoms with Crippen LogP contribution < -0.4 is 51.4 Å². The summed E-state index contributed by atoms with van der Waals surface area (Å²) in [6.45, 7) is 0. The van der Waals surface area contributed by atoms with Crippen LogP contribution in [0.5, 0.6) is 0 Å². The van der Waals surface area contributed by atoms with E-state index in [0.717, 1.165) is 5.25 Å². The van der Waals surface area contributed by atoms with E-state index in [1.54, 1.807) is 0 Å². The molecule has 0 bridgehead atoms. The molecule has 0 N–H and O–H groups in total. The monoisotopic (exact) mass is 156 g/mol. The smallest absolute Gasteiger partial charge is 1.00 e. The van der Waals surface area contributed by atoms with Crippen LogP contribution in [0.1, 0.15) is 33.5 Å². The molecule has 1 rings (SSSR count). The first-order valence-electron chi connectivity index (χ1n) is 3.07. The molecule has 1 fully saturated rings. The van der Waals surface area contributed by atoms with E-state index in [1.807, 2.05) is 0 Å². The summed E-state index contributed by atoms with van der Waals surface area (Å²) in [5, 5.41) is 0.730. The van der Waals surface area contributed by atoms with Gasteiger partial charge in [-0.2, -0.15) is 12.6 Å². The van der Waals surface area contributed by atoms with Gasteiger partial charge in [0.25, 0.3) is 0 Å². The van der Waals surface area contributed by atoms with Crippen molar-refractivity contribution in [2.75, 3.05) is 0 Å². The van der Waals surface area contributed by atoms with E-state index in [1.165, 1.54) is 32.1 Å². The first-order valence-corrected chi connectivity index (χ1v) is 3.59. The van der Waals surface area contributed by atoms with Gasteiger partial charge in [0.2, 0.25) is 0 Å². The Morgan fingerprint density at radius 3 is 1.88 bits per heavy atom. The van der Waals surface area contributed by atoms with Crippen molar-refractivity contribution < 1.29 is 52.8 Å². The Balaban J connectivity index is 0. The van der Waals surface area contributed by atoms with E-state index in [9.17, 15) is 0 Å². The maximum absolute atomic E-state index is 4.36. The molecule has 0 aromatic rings. The first kappa shape index (κ1) is 9.99. The third-order valence-corrected chi connectivity index (χ3v) is 2.09. The minimum atomic E-state index is 0. The molecule has 0 saturated heterocycles. The van der Waals surface area contributed by atoms with Gasteiger partial charge in [-0.15, -0.1) is 0 Å². The molecule has 2 heteroatoms. The Morgan fingerprint density at radius 2 is 1.62 bits per heavy atom. The second-order valence-corrected chi connectivity index (χ2v) is 3.02. The van der Waals surface area contributed by atoms with Gasteiger partial charge in [-0.05, 0) is 12.8 Å². The van der Waals surface area contributed by atoms with Crippen molar-refractivity contribution >= 4 is 12.6 Å². The molecule has 1 aliphatic rings. The van der Waals surface area contributed by atoms with E-state index < -0.39 is 0 Å². The summed E-state index contributed by atoms with van der Waals surface area (Å²) in [4.78, 5) is 0. The largest absolute Gasteiger partial charge is 1.00 e. The van der Waals surface area contributed by atoms with Gasteiger partial charge in [0, 0.05) is 5.25 Å². The molecule has 0 nitrogen and oxygen atoms in total. The van der Waals surface area contributed by atoms with Crippen LogP contribution >= 0.6 is 12.6 Å². The molecule has 0 aromatic carbocycles. The number of hydrogen-bond acceptors (Lipinski definition) is 1. The van der Waals surface area contributed by atoms with Gasteiger partial charge in [0.15, 0.2) is 0 Å². The zero-order valence-electron chi connectivity index (χ0n) is 6.56. The topological polar surface area (TPSA) is 0 Å². The fourth-order valence-corrected chi connectivity index (χ4v) is 1.45. The van der Waals surface area contributed by atoms with Crippen LogP contribution in [0.4, 0.5) is 0 Å². The summed E-state index contributed by atoms with van der Waals surface area (Å²) >= 11 is 4.36. The molecule has 1 saturated carbocycles. The molecule has 0 amide bonds. The molecule has 1 aliphatic carbocycles. The second kappa shape index (κ2) is 5.75. The molecular weight excluding hydrogens is 143 g/mol. The normalized spacial score (nSPS) is 22.1. The molecule has 8 heavy (non-hydrogen) atoms. The number of rotatable bonds is 0. The standard InChI is InChI=1S/C6H12S.K.H/c7-6-4-2-1-3-5-6;;/h6-7H,1-5H2;;/q;+1;-1. The van der Waals surface area contributed by atoms with Gasteiger partial charge in [-0.1, -0.05) is 19.3 Å². The van der Waals surface area contributed by atoms with Crippen molar-refractivity contribution in [2.24, 2.45) is 0 Å². The van der Waals surface area contributed by atoms with Crippen LogP contribution in [0.15, 0.2) is 0 Å². The molecule has 0 heterocycles. The number of hydrogen-bond donors (Lipinski definition) is 1. The van der Waals surface area contributed by atoms with E-state index in [4.69, 9.17) is 0 Å². The average molecular weight is 156 g/mol. The van der Waals surface area contributed by atoms with E-state index in [-0.39, 0.29) is 52.8 Å². The van der Waals surface area contributed by atoms with Gasteiger partial charge < -0.3 is 1.43 Å². The van der Waals surface area contributed by atoms with Gasteiger partial charge in [-0.3, -0.25) is 0 Å². The van der Waals surface area contributed by atoms with Crippen molar-refractivity contribution in [1.82, 2.24) is 0 Å². The summed E-state index contributed by atoms with van der Waals surface area (Å²) in [7, 11) is 0. The van der Waals surface area contributed by atoms with Crippen LogP contribution in [-0.2, 0) is 0 Å². The maximum Gasteiger partial charge on any atom is 1.00 e. The Labute approximate surface area is 101 Å². The molecule has 0 aliphatic heterocycles. The van der Waals surface area contributed by atoms with E-state index in [0.29, 0.717) is 0 Å². The average Bonchev–Trinajstić information content (AvgIpc) is 1.69. The minimum absolute atomic E-state index is 0. The molecule has 44 valence electrons. The molecular formula is C6H13KS. The van der Waals surface area contributed by atoms with Crippen LogP contribution in [0.2, 0.25) is 0 Å². The van der Waals surface area contributed by atoms with Crippen LogP contribution in [0.3, 0.4) is 0 Å². The molecule has 0 atom stereocenters. The van der Waals surface area contributed by atoms with Crippen LogP contribution in [0.25, 0.3) is 0 Å². The summed E-state index contributed by atoms with van der Waals surface area (Å²) < 4.78 is 0. The summed E-state index contributed by atoms with van der Waals surface area (Å²) in [5.74, 6) is 0. The van der Waals surface area contributed by atoms with Crippen molar-refractivity contribution in [1.29, 1.82) is 0 Å². The van der Waals surface area contributed by atoms with Crippen molar-refractivity contribution in [3.05, 3.63) is 0 Å². The van der Waals surface area contributed by atoms with Crippen LogP contribution in [0, 0.1) is 0 Å². The number of thiol groups is 1. The summed E-state index contributed by atoms with van der Waals surface area (Å²) in [6.07, 6.45) is 6.96. The quantitative estimate of drug-likeness (QED) is 0.350. The van der Waals surface area contributed by atoms with Crippen molar-refractivity contribution in [3.63, 3.8) is 0 Å². The Hall–Kier alpha value is 1.99. The Bertz CT molecular complexity index is 55.0. The van der Waals surface area contributed by atoms with Gasteiger partial charge in [0.05, 0.1) is 0 Å². The zero-order chi connectivity index (χ0) is 5.11. The second-order valence-electron chi connectivity index (χ2n) is 2.29. The predicted octanol–water partition coefficient (Wildman–Crippen LogP) is -0.635. The summed E-state index contributed by atoms with van der Waals surface area (Å²) in [5.41, 5.74) is 0. The molecule has 0 aromatic heterocycles. The molecule has 0 unspecified atom stereocenters. The third kappa shape index (κ3) is 3.91. The first-order chi connectivity index (χ1) is 3.39. The Morgan fingerprint density at radius 1 is 1.12 bits per heavy atom. The molecule has 0 radical (unpaired) electrons. The Kier molecular flexibility index (Phi) is 7.17. The van der Waals surface area contributed by atoms with Crippen molar-refractivity contribution in [2.45, 2.75) is 37.4 Å². The molecule has 0 spiro atoms. The van der Waals surface area contributed by atoms with Gasteiger partial charge >= 0.3 is 51.4 Å². The maximum atomic E-state index is 4.36. The van der Waals surface area contributed by atoms with Gasteiger partial charge in [0.1, 0.15) is 0 Å². The predicted molar refractivity (Wildman–Crippen MR) is 37.0 cm³/mol. The third-order valence-electron chi connectivity index (χ3n) is 1.57. The SMILES string of the molecule is SC1CCCCC1.[H-].[K+]. The zero-order valence-corrected chi connectivity index (χ0v) is 9.58.